The van der Waals surface area contributed by atoms with E-state index in [1.807, 2.05) is 17.5 Å². The number of hydrogen-bond acceptors (Lipinski definition) is 6. The number of amides is 1. The minimum absolute atomic E-state index is 0.0690. The van der Waals surface area contributed by atoms with E-state index in [2.05, 4.69) is 15.2 Å². The van der Waals surface area contributed by atoms with Crippen LogP contribution < -0.4 is 5.32 Å². The molecule has 1 amide bonds. The zero-order chi connectivity index (χ0) is 14.5. The van der Waals surface area contributed by atoms with Gasteiger partial charge < -0.3 is 14.6 Å². The van der Waals surface area contributed by atoms with Crippen LogP contribution in [0.25, 0.3) is 0 Å². The number of hydrogen-bond donors (Lipinski definition) is 1. The molecule has 0 saturated carbocycles. The van der Waals surface area contributed by atoms with Crippen LogP contribution in [0, 0.1) is 6.92 Å². The minimum Gasteiger partial charge on any atom is -0.469 e. The Labute approximate surface area is 119 Å². The number of rotatable bonds is 5. The number of thiophene rings is 1. The van der Waals surface area contributed by atoms with Crippen LogP contribution in [-0.4, -0.2) is 24.1 Å². The summed E-state index contributed by atoms with van der Waals surface area (Å²) in [5, 5.41) is 8.29. The molecule has 6 nitrogen and oxygen atoms in total. The van der Waals surface area contributed by atoms with Crippen LogP contribution in [0.5, 0.6) is 0 Å². The highest BCUT2D eigenvalue weighted by Gasteiger charge is 2.22. The Hall–Kier alpha value is -2.15. The number of carbonyl (C=O) groups is 2. The Morgan fingerprint density at radius 3 is 2.90 bits per heavy atom. The van der Waals surface area contributed by atoms with Crippen LogP contribution in [-0.2, 0) is 9.53 Å². The molecule has 0 fully saturated rings. The lowest BCUT2D eigenvalue weighted by Gasteiger charge is -2.15. The fourth-order valence-corrected chi connectivity index (χ4v) is 2.45. The van der Waals surface area contributed by atoms with Gasteiger partial charge in [-0.2, -0.15) is 0 Å². The first-order valence-corrected chi connectivity index (χ1v) is 6.82. The molecule has 0 bridgehead atoms. The van der Waals surface area contributed by atoms with Crippen molar-refractivity contribution in [2.24, 2.45) is 0 Å². The third-order valence-electron chi connectivity index (χ3n) is 2.65. The highest BCUT2D eigenvalue weighted by molar-refractivity contribution is 7.10. The summed E-state index contributed by atoms with van der Waals surface area (Å²) in [6.07, 6.45) is 0.0690. The van der Waals surface area contributed by atoms with Gasteiger partial charge in [-0.3, -0.25) is 9.59 Å². The molecular formula is C13H14N2O4S. The van der Waals surface area contributed by atoms with Crippen LogP contribution in [0.1, 0.15) is 33.6 Å². The molecule has 0 spiro atoms. The third-order valence-corrected chi connectivity index (χ3v) is 3.64. The van der Waals surface area contributed by atoms with Crippen molar-refractivity contribution >= 4 is 23.2 Å². The van der Waals surface area contributed by atoms with E-state index in [-0.39, 0.29) is 24.0 Å². The van der Waals surface area contributed by atoms with Gasteiger partial charge in [0, 0.05) is 10.9 Å². The summed E-state index contributed by atoms with van der Waals surface area (Å²) in [7, 11) is 1.32. The summed E-state index contributed by atoms with van der Waals surface area (Å²) >= 11 is 1.46. The molecule has 0 aromatic carbocycles. The van der Waals surface area contributed by atoms with E-state index >= 15 is 0 Å². The first-order valence-electron chi connectivity index (χ1n) is 5.94. The van der Waals surface area contributed by atoms with E-state index in [4.69, 9.17) is 4.52 Å². The summed E-state index contributed by atoms with van der Waals surface area (Å²) in [4.78, 5) is 24.4. The molecule has 1 N–H and O–H groups in total. The standard InChI is InChI=1S/C13H14N2O4S/c1-8-6-10(15-19-8)13(17)14-9(7-12(16)18-2)11-4-3-5-20-11/h3-6,9H,7H2,1-2H3,(H,14,17). The minimum atomic E-state index is -0.438. The molecule has 0 aliphatic carbocycles. The molecule has 2 aromatic heterocycles. The highest BCUT2D eigenvalue weighted by atomic mass is 32.1. The van der Waals surface area contributed by atoms with Gasteiger partial charge in [0.1, 0.15) is 5.76 Å². The van der Waals surface area contributed by atoms with Crippen molar-refractivity contribution in [3.05, 3.63) is 39.9 Å². The van der Waals surface area contributed by atoms with E-state index in [0.29, 0.717) is 5.76 Å². The van der Waals surface area contributed by atoms with Crippen LogP contribution in [0.15, 0.2) is 28.1 Å². The van der Waals surface area contributed by atoms with E-state index in [0.717, 1.165) is 4.88 Å². The van der Waals surface area contributed by atoms with Crippen molar-refractivity contribution in [1.82, 2.24) is 10.5 Å². The molecule has 0 radical (unpaired) electrons. The van der Waals surface area contributed by atoms with Crippen LogP contribution in [0.4, 0.5) is 0 Å². The fourth-order valence-electron chi connectivity index (χ4n) is 1.67. The normalized spacial score (nSPS) is 11.9. The number of aromatic nitrogens is 1. The van der Waals surface area contributed by atoms with Crippen molar-refractivity contribution in [3.8, 4) is 0 Å². The first kappa shape index (κ1) is 14.3. The topological polar surface area (TPSA) is 81.4 Å². The molecule has 0 saturated heterocycles. The second-order valence-electron chi connectivity index (χ2n) is 4.14. The fraction of sp³-hybridized carbons (Fsp3) is 0.308. The number of nitrogens with one attached hydrogen (secondary N) is 1. The van der Waals surface area contributed by atoms with Gasteiger partial charge in [0.15, 0.2) is 5.69 Å². The molecule has 106 valence electrons. The van der Waals surface area contributed by atoms with Gasteiger partial charge in [0.05, 0.1) is 19.6 Å². The zero-order valence-electron chi connectivity index (χ0n) is 11.1. The summed E-state index contributed by atoms with van der Waals surface area (Å²) in [5.74, 6) is -0.222. The summed E-state index contributed by atoms with van der Waals surface area (Å²) in [6.45, 7) is 1.70. The van der Waals surface area contributed by atoms with Gasteiger partial charge in [-0.1, -0.05) is 11.2 Å². The lowest BCUT2D eigenvalue weighted by Crippen LogP contribution is -2.30. The summed E-state index contributed by atoms with van der Waals surface area (Å²) in [6, 6.07) is 4.81. The van der Waals surface area contributed by atoms with Crippen molar-refractivity contribution in [3.63, 3.8) is 0 Å². The molecule has 0 aliphatic heterocycles. The Morgan fingerprint density at radius 2 is 2.35 bits per heavy atom. The Morgan fingerprint density at radius 1 is 1.55 bits per heavy atom. The molecular weight excluding hydrogens is 280 g/mol. The van der Waals surface area contributed by atoms with Gasteiger partial charge in [-0.15, -0.1) is 11.3 Å². The summed E-state index contributed by atoms with van der Waals surface area (Å²) < 4.78 is 9.51. The molecule has 2 heterocycles. The number of ether oxygens (including phenoxy) is 1. The monoisotopic (exact) mass is 294 g/mol. The maximum atomic E-state index is 12.1. The van der Waals surface area contributed by atoms with Crippen molar-refractivity contribution in [2.45, 2.75) is 19.4 Å². The second-order valence-corrected chi connectivity index (χ2v) is 5.12. The third kappa shape index (κ3) is 3.45. The molecule has 7 heteroatoms. The van der Waals surface area contributed by atoms with Gasteiger partial charge in [-0.25, -0.2) is 0 Å². The van der Waals surface area contributed by atoms with E-state index in [9.17, 15) is 9.59 Å². The number of nitrogens with zero attached hydrogens (tertiary/aromatic N) is 1. The van der Waals surface area contributed by atoms with Crippen LogP contribution >= 0.6 is 11.3 Å². The van der Waals surface area contributed by atoms with Gasteiger partial charge in [0.25, 0.3) is 5.91 Å². The Bertz CT molecular complexity index is 591. The number of esters is 1. The number of carbonyl (C=O) groups excluding carboxylic acids is 2. The molecule has 1 atom stereocenters. The van der Waals surface area contributed by atoms with Gasteiger partial charge in [-0.05, 0) is 18.4 Å². The van der Waals surface area contributed by atoms with Gasteiger partial charge in [0.2, 0.25) is 0 Å². The average molecular weight is 294 g/mol. The number of aryl methyl sites for hydroxylation is 1. The largest absolute Gasteiger partial charge is 0.469 e. The molecule has 1 unspecified atom stereocenters. The molecule has 0 aliphatic rings. The van der Waals surface area contributed by atoms with Crippen molar-refractivity contribution in [2.75, 3.05) is 7.11 Å². The SMILES string of the molecule is COC(=O)CC(NC(=O)c1cc(C)on1)c1cccs1. The summed E-state index contributed by atoms with van der Waals surface area (Å²) in [5.41, 5.74) is 0.189. The predicted octanol–water partition coefficient (Wildman–Crippen LogP) is 2.08. The van der Waals surface area contributed by atoms with E-state index < -0.39 is 6.04 Å². The number of methoxy groups -OCH3 is 1. The van der Waals surface area contributed by atoms with E-state index in [1.165, 1.54) is 18.4 Å². The molecule has 20 heavy (non-hydrogen) atoms. The van der Waals surface area contributed by atoms with Crippen molar-refractivity contribution < 1.29 is 18.8 Å². The van der Waals surface area contributed by atoms with E-state index in [1.54, 1.807) is 13.0 Å². The Balaban J connectivity index is 2.11. The smallest absolute Gasteiger partial charge is 0.307 e. The lowest BCUT2D eigenvalue weighted by atomic mass is 10.1. The Kier molecular flexibility index (Phi) is 4.52. The lowest BCUT2D eigenvalue weighted by molar-refractivity contribution is -0.141. The quantitative estimate of drug-likeness (QED) is 0.854. The van der Waals surface area contributed by atoms with Gasteiger partial charge >= 0.3 is 5.97 Å². The predicted molar refractivity (Wildman–Crippen MR) is 72.4 cm³/mol. The maximum absolute atomic E-state index is 12.1. The molecule has 2 rings (SSSR count). The second kappa shape index (κ2) is 6.33. The zero-order valence-corrected chi connectivity index (χ0v) is 11.9. The first-order chi connectivity index (χ1) is 9.60. The highest BCUT2D eigenvalue weighted by Crippen LogP contribution is 2.23. The average Bonchev–Trinajstić information content (AvgIpc) is 3.08. The van der Waals surface area contributed by atoms with Crippen LogP contribution in [0.3, 0.4) is 0 Å². The van der Waals surface area contributed by atoms with Crippen LogP contribution in [0.2, 0.25) is 0 Å². The maximum Gasteiger partial charge on any atom is 0.307 e. The molecule has 2 aromatic rings. The van der Waals surface area contributed by atoms with Crippen molar-refractivity contribution in [1.29, 1.82) is 0 Å².